The normalized spacial score (nSPS) is 14.6. The van der Waals surface area contributed by atoms with Crippen LogP contribution in [0.2, 0.25) is 0 Å². The molecule has 0 spiro atoms. The highest BCUT2D eigenvalue weighted by atomic mass is 16.5. The molecule has 0 aliphatic carbocycles. The minimum atomic E-state index is -1.13. The van der Waals surface area contributed by atoms with Crippen molar-refractivity contribution in [1.82, 2.24) is 20.1 Å². The molecule has 10 nitrogen and oxygen atoms in total. The standard InChI is InChI=1S/C24H24N6O4/c25-17-20(21(31)10-11-26-22(32)9-8-19-7-4-14-34-19)23-27-28-24(29-12-15-33-16-13-29)30(23)18-5-2-1-3-6-18/h1-9,14,20H,10-13,15-16H2,(H,26,32)/b9-8+. The van der Waals surface area contributed by atoms with Crippen molar-refractivity contribution in [3.8, 4) is 11.8 Å². The lowest BCUT2D eigenvalue weighted by Gasteiger charge is -2.28. The average Bonchev–Trinajstić information content (AvgIpc) is 3.55. The van der Waals surface area contributed by atoms with Gasteiger partial charge in [-0.1, -0.05) is 18.2 Å². The number of rotatable bonds is 9. The van der Waals surface area contributed by atoms with Crippen LogP contribution in [0.3, 0.4) is 0 Å². The summed E-state index contributed by atoms with van der Waals surface area (Å²) in [6.07, 6.45) is 4.35. The van der Waals surface area contributed by atoms with Gasteiger partial charge in [-0.15, -0.1) is 10.2 Å². The van der Waals surface area contributed by atoms with Crippen LogP contribution in [0, 0.1) is 11.3 Å². The van der Waals surface area contributed by atoms with Crippen LogP contribution in [0.4, 0.5) is 5.95 Å². The smallest absolute Gasteiger partial charge is 0.244 e. The van der Waals surface area contributed by atoms with E-state index in [1.807, 2.05) is 35.2 Å². The van der Waals surface area contributed by atoms with E-state index in [1.54, 1.807) is 16.7 Å². The molecule has 1 fully saturated rings. The first-order valence-electron chi connectivity index (χ1n) is 10.9. The lowest BCUT2D eigenvalue weighted by atomic mass is 10.0. The van der Waals surface area contributed by atoms with Gasteiger partial charge < -0.3 is 19.4 Å². The molecule has 34 heavy (non-hydrogen) atoms. The lowest BCUT2D eigenvalue weighted by Crippen LogP contribution is -2.38. The number of morpholine rings is 1. The van der Waals surface area contributed by atoms with E-state index in [0.717, 1.165) is 5.69 Å². The molecule has 4 rings (SSSR count). The predicted molar refractivity (Wildman–Crippen MR) is 123 cm³/mol. The molecule has 0 bridgehead atoms. The number of ketones is 1. The summed E-state index contributed by atoms with van der Waals surface area (Å²) in [5, 5.41) is 21.0. The average molecular weight is 460 g/mol. The minimum absolute atomic E-state index is 0.0207. The van der Waals surface area contributed by atoms with E-state index in [2.05, 4.69) is 21.6 Å². The molecule has 1 aromatic carbocycles. The fourth-order valence-corrected chi connectivity index (χ4v) is 3.60. The molecule has 1 amide bonds. The fourth-order valence-electron chi connectivity index (χ4n) is 3.60. The van der Waals surface area contributed by atoms with Gasteiger partial charge in [0, 0.05) is 32.1 Å². The summed E-state index contributed by atoms with van der Waals surface area (Å²) in [5.74, 6) is -0.473. The van der Waals surface area contributed by atoms with Crippen molar-refractivity contribution in [3.63, 3.8) is 0 Å². The Hall–Kier alpha value is -4.23. The van der Waals surface area contributed by atoms with Gasteiger partial charge in [0.25, 0.3) is 0 Å². The van der Waals surface area contributed by atoms with Crippen LogP contribution in [-0.2, 0) is 14.3 Å². The maximum absolute atomic E-state index is 12.9. The van der Waals surface area contributed by atoms with Crippen molar-refractivity contribution < 1.29 is 18.7 Å². The van der Waals surface area contributed by atoms with Crippen molar-refractivity contribution in [2.24, 2.45) is 0 Å². The zero-order valence-electron chi connectivity index (χ0n) is 18.5. The number of hydrogen-bond donors (Lipinski definition) is 1. The Morgan fingerprint density at radius 1 is 1.15 bits per heavy atom. The number of aromatic nitrogens is 3. The molecule has 174 valence electrons. The maximum atomic E-state index is 12.9. The van der Waals surface area contributed by atoms with Crippen molar-refractivity contribution in [2.45, 2.75) is 12.3 Å². The van der Waals surface area contributed by atoms with Crippen LogP contribution in [0.1, 0.15) is 23.9 Å². The monoisotopic (exact) mass is 460 g/mol. The number of amides is 1. The zero-order valence-corrected chi connectivity index (χ0v) is 18.5. The third-order valence-corrected chi connectivity index (χ3v) is 5.30. The van der Waals surface area contributed by atoms with Gasteiger partial charge in [-0.3, -0.25) is 14.2 Å². The quantitative estimate of drug-likeness (QED) is 0.481. The Bertz CT molecular complexity index is 1170. The maximum Gasteiger partial charge on any atom is 0.244 e. The molecule has 3 aromatic rings. The van der Waals surface area contributed by atoms with E-state index in [1.165, 1.54) is 18.4 Å². The highest BCUT2D eigenvalue weighted by molar-refractivity contribution is 5.92. The fraction of sp³-hybridized carbons (Fsp3) is 0.292. The molecule has 1 saturated heterocycles. The number of nitrogens with one attached hydrogen (secondary N) is 1. The number of para-hydroxylation sites is 1. The summed E-state index contributed by atoms with van der Waals surface area (Å²) in [5.41, 5.74) is 0.758. The Labute approximate surface area is 196 Å². The van der Waals surface area contributed by atoms with Crippen LogP contribution in [0.25, 0.3) is 11.8 Å². The summed E-state index contributed by atoms with van der Waals surface area (Å²) in [6.45, 7) is 2.48. The highest BCUT2D eigenvalue weighted by Gasteiger charge is 2.30. The van der Waals surface area contributed by atoms with Crippen molar-refractivity contribution in [2.75, 3.05) is 37.7 Å². The number of hydrogen-bond acceptors (Lipinski definition) is 8. The molecule has 0 radical (unpaired) electrons. The Morgan fingerprint density at radius 2 is 1.94 bits per heavy atom. The number of Topliss-reactive ketones (excluding diaryl/α,β-unsaturated/α-hetero) is 1. The SMILES string of the molecule is N#CC(C(=O)CCNC(=O)/C=C/c1ccco1)c1nnc(N2CCOCC2)n1-c1ccccc1. The van der Waals surface area contributed by atoms with E-state index in [9.17, 15) is 14.9 Å². The number of benzene rings is 1. The Balaban J connectivity index is 1.48. The van der Waals surface area contributed by atoms with Gasteiger partial charge in [0.15, 0.2) is 17.5 Å². The van der Waals surface area contributed by atoms with Crippen LogP contribution >= 0.6 is 0 Å². The summed E-state index contributed by atoms with van der Waals surface area (Å²) >= 11 is 0. The third kappa shape index (κ3) is 5.39. The lowest BCUT2D eigenvalue weighted by molar-refractivity contribution is -0.119. The number of ether oxygens (including phenoxy) is 1. The number of nitrogens with zero attached hydrogens (tertiary/aromatic N) is 5. The van der Waals surface area contributed by atoms with Crippen LogP contribution in [0.15, 0.2) is 59.2 Å². The largest absolute Gasteiger partial charge is 0.465 e. The molecular formula is C24H24N6O4. The minimum Gasteiger partial charge on any atom is -0.465 e. The van der Waals surface area contributed by atoms with Crippen LogP contribution in [-0.4, -0.2) is 59.3 Å². The van der Waals surface area contributed by atoms with Crippen molar-refractivity contribution in [3.05, 3.63) is 66.4 Å². The molecule has 10 heteroatoms. The number of furan rings is 1. The summed E-state index contributed by atoms with van der Waals surface area (Å²) in [4.78, 5) is 27.0. The number of carbonyl (C=O) groups excluding carboxylic acids is 2. The first-order valence-corrected chi connectivity index (χ1v) is 10.9. The predicted octanol–water partition coefficient (Wildman–Crippen LogP) is 2.09. The topological polar surface area (TPSA) is 126 Å². The molecule has 1 aliphatic rings. The van der Waals surface area contributed by atoms with Gasteiger partial charge in [0.05, 0.1) is 31.2 Å². The van der Waals surface area contributed by atoms with Gasteiger partial charge in [-0.05, 0) is 30.3 Å². The third-order valence-electron chi connectivity index (χ3n) is 5.30. The molecule has 1 unspecified atom stereocenters. The summed E-state index contributed by atoms with van der Waals surface area (Å²) in [6, 6.07) is 14.9. The Kier molecular flexibility index (Phi) is 7.47. The second-order valence-corrected chi connectivity index (χ2v) is 7.55. The first-order chi connectivity index (χ1) is 16.7. The van der Waals surface area contributed by atoms with E-state index in [-0.39, 0.29) is 30.5 Å². The molecule has 1 aliphatic heterocycles. The highest BCUT2D eigenvalue weighted by Crippen LogP contribution is 2.26. The second kappa shape index (κ2) is 11.1. The van der Waals surface area contributed by atoms with Gasteiger partial charge in [0.2, 0.25) is 11.9 Å². The van der Waals surface area contributed by atoms with E-state index < -0.39 is 5.92 Å². The molecule has 1 atom stereocenters. The zero-order chi connectivity index (χ0) is 23.8. The molecular weight excluding hydrogens is 436 g/mol. The molecule has 2 aromatic heterocycles. The summed E-state index contributed by atoms with van der Waals surface area (Å²) in [7, 11) is 0. The van der Waals surface area contributed by atoms with Gasteiger partial charge in [0.1, 0.15) is 5.76 Å². The number of anilines is 1. The first kappa shape index (κ1) is 22.9. The summed E-state index contributed by atoms with van der Waals surface area (Å²) < 4.78 is 12.3. The van der Waals surface area contributed by atoms with E-state index in [4.69, 9.17) is 9.15 Å². The van der Waals surface area contributed by atoms with Crippen LogP contribution < -0.4 is 10.2 Å². The molecule has 1 N–H and O–H groups in total. The van der Waals surface area contributed by atoms with Gasteiger partial charge in [-0.25, -0.2) is 0 Å². The van der Waals surface area contributed by atoms with Crippen molar-refractivity contribution >= 4 is 23.7 Å². The van der Waals surface area contributed by atoms with Crippen LogP contribution in [0.5, 0.6) is 0 Å². The van der Waals surface area contributed by atoms with E-state index >= 15 is 0 Å². The number of carbonyl (C=O) groups is 2. The van der Waals surface area contributed by atoms with E-state index in [0.29, 0.717) is 38.0 Å². The van der Waals surface area contributed by atoms with Gasteiger partial charge in [-0.2, -0.15) is 5.26 Å². The molecule has 3 heterocycles. The van der Waals surface area contributed by atoms with Gasteiger partial charge >= 0.3 is 0 Å². The number of nitriles is 1. The van der Waals surface area contributed by atoms with Crippen molar-refractivity contribution in [1.29, 1.82) is 5.26 Å². The Morgan fingerprint density at radius 3 is 2.65 bits per heavy atom. The second-order valence-electron chi connectivity index (χ2n) is 7.55. The molecule has 0 saturated carbocycles.